The molecule has 1 fully saturated rings. The summed E-state index contributed by atoms with van der Waals surface area (Å²) in [6.07, 6.45) is 0.280. The molecule has 4 nitrogen and oxygen atoms in total. The third-order valence-corrected chi connectivity index (χ3v) is 3.73. The molecule has 1 aliphatic rings. The minimum Gasteiger partial charge on any atom is -0.496 e. The first kappa shape index (κ1) is 15.1. The monoisotopic (exact) mass is 297 g/mol. The Morgan fingerprint density at radius 1 is 1.45 bits per heavy atom. The zero-order valence-electron chi connectivity index (χ0n) is 11.8. The Balaban J connectivity index is 2.04. The Morgan fingerprint density at radius 3 is 2.90 bits per heavy atom. The maximum atomic E-state index is 12.4. The number of para-hydroxylation sites is 1. The third kappa shape index (κ3) is 3.64. The number of carbonyl (C=O) groups excluding carboxylic acids is 1. The number of benzene rings is 1. The second kappa shape index (κ2) is 6.95. The van der Waals surface area contributed by atoms with E-state index in [0.717, 1.165) is 11.3 Å². The summed E-state index contributed by atoms with van der Waals surface area (Å²) in [5, 5.41) is 0. The van der Waals surface area contributed by atoms with Gasteiger partial charge in [-0.2, -0.15) is 0 Å². The number of carbonyl (C=O) groups is 1. The number of amides is 1. The molecule has 1 saturated heterocycles. The third-order valence-electron chi connectivity index (χ3n) is 3.39. The first-order valence-corrected chi connectivity index (χ1v) is 7.28. The van der Waals surface area contributed by atoms with E-state index in [4.69, 9.17) is 21.1 Å². The second-order valence-corrected chi connectivity index (χ2v) is 5.32. The van der Waals surface area contributed by atoms with Crippen LogP contribution in [0.3, 0.4) is 0 Å². The number of alkyl halides is 1. The number of methoxy groups -OCH3 is 1. The quantitative estimate of drug-likeness (QED) is 0.799. The molecule has 110 valence electrons. The van der Waals surface area contributed by atoms with Crippen LogP contribution in [0.1, 0.15) is 12.5 Å². The molecule has 1 amide bonds. The number of hydrogen-bond donors (Lipinski definition) is 0. The van der Waals surface area contributed by atoms with E-state index in [1.807, 2.05) is 36.1 Å². The average molecular weight is 298 g/mol. The van der Waals surface area contributed by atoms with Crippen molar-refractivity contribution in [3.05, 3.63) is 29.8 Å². The summed E-state index contributed by atoms with van der Waals surface area (Å²) in [6.45, 7) is 3.13. The van der Waals surface area contributed by atoms with Crippen LogP contribution < -0.4 is 4.74 Å². The number of halogens is 1. The van der Waals surface area contributed by atoms with Gasteiger partial charge in [-0.3, -0.25) is 4.79 Å². The molecule has 0 N–H and O–H groups in total. The first-order chi connectivity index (χ1) is 9.63. The van der Waals surface area contributed by atoms with Gasteiger partial charge in [-0.1, -0.05) is 18.2 Å². The number of ether oxygens (including phenoxy) is 2. The lowest BCUT2D eigenvalue weighted by atomic mass is 10.1. The second-order valence-electron chi connectivity index (χ2n) is 5.01. The van der Waals surface area contributed by atoms with E-state index in [1.54, 1.807) is 7.11 Å². The fraction of sp³-hybridized carbons (Fsp3) is 0.533. The van der Waals surface area contributed by atoms with Crippen molar-refractivity contribution in [3.63, 3.8) is 0 Å². The smallest absolute Gasteiger partial charge is 0.227 e. The van der Waals surface area contributed by atoms with Gasteiger partial charge in [-0.25, -0.2) is 0 Å². The molecule has 1 aromatic carbocycles. The largest absolute Gasteiger partial charge is 0.496 e. The number of hydrogen-bond acceptors (Lipinski definition) is 3. The van der Waals surface area contributed by atoms with Crippen LogP contribution in [0.2, 0.25) is 0 Å². The molecule has 0 bridgehead atoms. The van der Waals surface area contributed by atoms with Crippen LogP contribution in [0.15, 0.2) is 24.3 Å². The van der Waals surface area contributed by atoms with Crippen molar-refractivity contribution in [1.82, 2.24) is 4.90 Å². The van der Waals surface area contributed by atoms with Crippen LogP contribution in [-0.2, 0) is 16.0 Å². The van der Waals surface area contributed by atoms with Crippen LogP contribution in [0, 0.1) is 0 Å². The molecule has 2 unspecified atom stereocenters. The van der Waals surface area contributed by atoms with Gasteiger partial charge in [-0.15, -0.1) is 11.6 Å². The molecule has 1 aromatic rings. The minimum atomic E-state index is -0.0814. The molecule has 2 atom stereocenters. The van der Waals surface area contributed by atoms with Gasteiger partial charge in [0.05, 0.1) is 31.6 Å². The molecule has 20 heavy (non-hydrogen) atoms. The number of nitrogens with zero attached hydrogens (tertiary/aromatic N) is 1. The van der Waals surface area contributed by atoms with Gasteiger partial charge in [0.2, 0.25) is 5.91 Å². The van der Waals surface area contributed by atoms with Crippen LogP contribution in [-0.4, -0.2) is 49.1 Å². The van der Waals surface area contributed by atoms with Crippen LogP contribution >= 0.6 is 11.6 Å². The van der Waals surface area contributed by atoms with Crippen LogP contribution in [0.25, 0.3) is 0 Å². The highest BCUT2D eigenvalue weighted by Crippen LogP contribution is 2.20. The van der Waals surface area contributed by atoms with Gasteiger partial charge in [0.15, 0.2) is 0 Å². The Bertz CT molecular complexity index is 466. The molecule has 0 aromatic heterocycles. The maximum Gasteiger partial charge on any atom is 0.227 e. The molecular weight excluding hydrogens is 278 g/mol. The summed E-state index contributed by atoms with van der Waals surface area (Å²) >= 11 is 5.84. The summed E-state index contributed by atoms with van der Waals surface area (Å²) in [5.74, 6) is 1.23. The number of rotatable bonds is 4. The fourth-order valence-corrected chi connectivity index (χ4v) is 2.63. The Kier molecular flexibility index (Phi) is 5.26. The predicted molar refractivity (Wildman–Crippen MR) is 78.3 cm³/mol. The van der Waals surface area contributed by atoms with Gasteiger partial charge in [0, 0.05) is 18.7 Å². The van der Waals surface area contributed by atoms with Crippen LogP contribution in [0.5, 0.6) is 5.75 Å². The lowest BCUT2D eigenvalue weighted by Crippen LogP contribution is -2.50. The zero-order chi connectivity index (χ0) is 14.5. The van der Waals surface area contributed by atoms with E-state index in [1.165, 1.54) is 0 Å². The summed E-state index contributed by atoms with van der Waals surface area (Å²) < 4.78 is 10.9. The molecule has 1 heterocycles. The molecule has 0 spiro atoms. The predicted octanol–water partition coefficient (Wildman–Crippen LogP) is 2.09. The molecule has 1 aliphatic heterocycles. The van der Waals surface area contributed by atoms with E-state index in [0.29, 0.717) is 25.4 Å². The molecule has 0 aliphatic carbocycles. The standard InChI is InChI=1S/C15H20ClNO3/c1-11-9-17(10-13(8-16)20-11)15(18)7-12-5-3-4-6-14(12)19-2/h3-6,11,13H,7-10H2,1-2H3. The first-order valence-electron chi connectivity index (χ1n) is 6.75. The zero-order valence-corrected chi connectivity index (χ0v) is 12.6. The van der Waals surface area contributed by atoms with Crippen molar-refractivity contribution in [3.8, 4) is 5.75 Å². The van der Waals surface area contributed by atoms with E-state index < -0.39 is 0 Å². The van der Waals surface area contributed by atoms with Gasteiger partial charge in [0.25, 0.3) is 0 Å². The molecule has 5 heteroatoms. The lowest BCUT2D eigenvalue weighted by Gasteiger charge is -2.36. The SMILES string of the molecule is COc1ccccc1CC(=O)N1CC(C)OC(CCl)C1. The summed E-state index contributed by atoms with van der Waals surface area (Å²) in [5.41, 5.74) is 0.904. The molecule has 0 saturated carbocycles. The normalized spacial score (nSPS) is 22.6. The summed E-state index contributed by atoms with van der Waals surface area (Å²) in [4.78, 5) is 14.2. The molecular formula is C15H20ClNO3. The topological polar surface area (TPSA) is 38.8 Å². The molecule has 2 rings (SSSR count). The van der Waals surface area contributed by atoms with Crippen molar-refractivity contribution in [2.75, 3.05) is 26.1 Å². The fourth-order valence-electron chi connectivity index (χ4n) is 2.46. The van der Waals surface area contributed by atoms with E-state index in [9.17, 15) is 4.79 Å². The maximum absolute atomic E-state index is 12.4. The van der Waals surface area contributed by atoms with Gasteiger partial charge >= 0.3 is 0 Å². The highest BCUT2D eigenvalue weighted by Gasteiger charge is 2.28. The molecule has 0 radical (unpaired) electrons. The Morgan fingerprint density at radius 2 is 2.20 bits per heavy atom. The van der Waals surface area contributed by atoms with Gasteiger partial charge in [0.1, 0.15) is 5.75 Å². The van der Waals surface area contributed by atoms with Gasteiger partial charge in [-0.05, 0) is 13.0 Å². The van der Waals surface area contributed by atoms with Crippen LogP contribution in [0.4, 0.5) is 0 Å². The van der Waals surface area contributed by atoms with Crippen molar-refractivity contribution >= 4 is 17.5 Å². The summed E-state index contributed by atoms with van der Waals surface area (Å²) in [6, 6.07) is 7.59. The number of morpholine rings is 1. The highest BCUT2D eigenvalue weighted by molar-refractivity contribution is 6.18. The highest BCUT2D eigenvalue weighted by atomic mass is 35.5. The van der Waals surface area contributed by atoms with Crippen molar-refractivity contribution in [2.24, 2.45) is 0 Å². The van der Waals surface area contributed by atoms with E-state index in [-0.39, 0.29) is 18.1 Å². The van der Waals surface area contributed by atoms with Crippen molar-refractivity contribution in [1.29, 1.82) is 0 Å². The minimum absolute atomic E-state index is 0.0223. The van der Waals surface area contributed by atoms with E-state index >= 15 is 0 Å². The van der Waals surface area contributed by atoms with Crippen molar-refractivity contribution < 1.29 is 14.3 Å². The Labute approximate surface area is 124 Å². The summed E-state index contributed by atoms with van der Waals surface area (Å²) in [7, 11) is 1.61. The van der Waals surface area contributed by atoms with Gasteiger partial charge < -0.3 is 14.4 Å². The average Bonchev–Trinajstić information content (AvgIpc) is 2.47. The Hall–Kier alpha value is -1.26. The van der Waals surface area contributed by atoms with Crippen molar-refractivity contribution in [2.45, 2.75) is 25.6 Å². The van der Waals surface area contributed by atoms with E-state index in [2.05, 4.69) is 0 Å². The lowest BCUT2D eigenvalue weighted by molar-refractivity contribution is -0.142.